The highest BCUT2D eigenvalue weighted by molar-refractivity contribution is 7.98. The van der Waals surface area contributed by atoms with Gasteiger partial charge in [0, 0.05) is 31.3 Å². The van der Waals surface area contributed by atoms with Gasteiger partial charge >= 0.3 is 0 Å². The molecule has 2 aromatic rings. The van der Waals surface area contributed by atoms with Crippen LogP contribution in [0, 0.1) is 0 Å². The highest BCUT2D eigenvalue weighted by atomic mass is 32.2. The minimum absolute atomic E-state index is 0.697. The average Bonchev–Trinajstić information content (AvgIpc) is 2.86. The Morgan fingerprint density at radius 3 is 2.84 bits per heavy atom. The van der Waals surface area contributed by atoms with Gasteiger partial charge < -0.3 is 10.2 Å². The minimum atomic E-state index is 0.697. The number of aromatic nitrogens is 2. The number of rotatable bonds is 6. The van der Waals surface area contributed by atoms with Gasteiger partial charge in [0.1, 0.15) is 10.6 Å². The predicted octanol–water partition coefficient (Wildman–Crippen LogP) is 3.09. The molecule has 0 fully saturated rings. The van der Waals surface area contributed by atoms with Crippen LogP contribution in [0.25, 0.3) is 10.2 Å². The number of nitrogens with one attached hydrogen (secondary N) is 1. The van der Waals surface area contributed by atoms with Gasteiger partial charge in [0.05, 0.1) is 5.39 Å². The molecule has 4 nitrogen and oxygen atoms in total. The Morgan fingerprint density at radius 1 is 1.42 bits per heavy atom. The van der Waals surface area contributed by atoms with Crippen molar-refractivity contribution in [2.45, 2.75) is 13.3 Å². The number of thiophene rings is 1. The molecule has 0 amide bonds. The third-order valence-electron chi connectivity index (χ3n) is 2.99. The van der Waals surface area contributed by atoms with E-state index in [1.807, 2.05) is 18.8 Å². The van der Waals surface area contributed by atoms with Gasteiger partial charge in [-0.2, -0.15) is 16.7 Å². The molecule has 0 aliphatic carbocycles. The lowest BCUT2D eigenvalue weighted by atomic mass is 10.3. The van der Waals surface area contributed by atoms with Crippen molar-refractivity contribution in [1.82, 2.24) is 9.97 Å². The van der Waals surface area contributed by atoms with E-state index < -0.39 is 0 Å². The zero-order valence-corrected chi connectivity index (χ0v) is 13.5. The maximum atomic E-state index is 4.62. The summed E-state index contributed by atoms with van der Waals surface area (Å²) in [7, 11) is 3.96. The first-order valence-electron chi connectivity index (χ1n) is 6.37. The molecule has 0 radical (unpaired) electrons. The van der Waals surface area contributed by atoms with Gasteiger partial charge in [-0.15, -0.1) is 11.3 Å². The Hall–Kier alpha value is -1.01. The van der Waals surface area contributed by atoms with E-state index in [1.54, 1.807) is 11.3 Å². The van der Waals surface area contributed by atoms with Crippen molar-refractivity contribution in [3.63, 3.8) is 0 Å². The molecule has 0 bridgehead atoms. The molecule has 19 heavy (non-hydrogen) atoms. The molecule has 0 aliphatic rings. The van der Waals surface area contributed by atoms with Crippen LogP contribution in [-0.4, -0.2) is 42.6 Å². The third kappa shape index (κ3) is 3.12. The predicted molar refractivity (Wildman–Crippen MR) is 88.0 cm³/mol. The lowest BCUT2D eigenvalue weighted by Gasteiger charge is -2.18. The number of aryl methyl sites for hydroxylation is 1. The molecule has 2 rings (SSSR count). The van der Waals surface area contributed by atoms with Crippen LogP contribution < -0.4 is 10.2 Å². The van der Waals surface area contributed by atoms with Crippen LogP contribution in [-0.2, 0) is 6.42 Å². The van der Waals surface area contributed by atoms with Crippen LogP contribution >= 0.6 is 23.1 Å². The van der Waals surface area contributed by atoms with Crippen molar-refractivity contribution < 1.29 is 0 Å². The molecule has 0 saturated carbocycles. The Balaban J connectivity index is 2.46. The third-order valence-corrected chi connectivity index (χ3v) is 4.75. The molecule has 6 heteroatoms. The van der Waals surface area contributed by atoms with Crippen molar-refractivity contribution in [3.05, 3.63) is 10.9 Å². The standard InChI is InChI=1S/C13H20N4S2/c1-5-9-8-10-11(17(3)6-7-18-4)15-13(14-2)16-12(10)19-9/h8H,5-7H2,1-4H3,(H,14,15,16). The summed E-state index contributed by atoms with van der Waals surface area (Å²) in [4.78, 5) is 13.8. The lowest BCUT2D eigenvalue weighted by Crippen LogP contribution is -2.22. The first kappa shape index (κ1) is 14.4. The van der Waals surface area contributed by atoms with Crippen molar-refractivity contribution in [3.8, 4) is 0 Å². The van der Waals surface area contributed by atoms with Crippen LogP contribution in [0.1, 0.15) is 11.8 Å². The van der Waals surface area contributed by atoms with Gasteiger partial charge in [-0.1, -0.05) is 6.92 Å². The summed E-state index contributed by atoms with van der Waals surface area (Å²) >= 11 is 3.61. The number of thioether (sulfide) groups is 1. The molecular weight excluding hydrogens is 276 g/mol. The smallest absolute Gasteiger partial charge is 0.225 e. The van der Waals surface area contributed by atoms with Gasteiger partial charge in [0.15, 0.2) is 0 Å². The van der Waals surface area contributed by atoms with E-state index in [0.717, 1.165) is 29.4 Å². The fourth-order valence-corrected chi connectivity index (χ4v) is 3.29. The zero-order chi connectivity index (χ0) is 13.8. The lowest BCUT2D eigenvalue weighted by molar-refractivity contribution is 0.950. The van der Waals surface area contributed by atoms with Crippen LogP contribution in [0.2, 0.25) is 0 Å². The van der Waals surface area contributed by atoms with Crippen LogP contribution in [0.3, 0.4) is 0 Å². The van der Waals surface area contributed by atoms with Crippen molar-refractivity contribution in [2.24, 2.45) is 0 Å². The summed E-state index contributed by atoms with van der Waals surface area (Å²) in [6, 6.07) is 2.23. The fourth-order valence-electron chi connectivity index (χ4n) is 1.87. The summed E-state index contributed by atoms with van der Waals surface area (Å²) in [5.74, 6) is 2.82. The van der Waals surface area contributed by atoms with Crippen LogP contribution in [0.5, 0.6) is 0 Å². The van der Waals surface area contributed by atoms with E-state index >= 15 is 0 Å². The monoisotopic (exact) mass is 296 g/mol. The van der Waals surface area contributed by atoms with E-state index in [-0.39, 0.29) is 0 Å². The topological polar surface area (TPSA) is 41.1 Å². The largest absolute Gasteiger partial charge is 0.358 e. The van der Waals surface area contributed by atoms with Gasteiger partial charge in [-0.3, -0.25) is 0 Å². The molecule has 0 atom stereocenters. The second-order valence-electron chi connectivity index (χ2n) is 4.32. The summed E-state index contributed by atoms with van der Waals surface area (Å²) in [5, 5.41) is 4.22. The fraction of sp³-hybridized carbons (Fsp3) is 0.538. The number of hydrogen-bond donors (Lipinski definition) is 1. The van der Waals surface area contributed by atoms with Gasteiger partial charge in [0.2, 0.25) is 5.95 Å². The minimum Gasteiger partial charge on any atom is -0.358 e. The van der Waals surface area contributed by atoms with Crippen molar-refractivity contribution >= 4 is 45.1 Å². The average molecular weight is 296 g/mol. The maximum Gasteiger partial charge on any atom is 0.225 e. The van der Waals surface area contributed by atoms with Gasteiger partial charge in [-0.05, 0) is 18.7 Å². The Morgan fingerprint density at radius 2 is 2.21 bits per heavy atom. The molecular formula is C13H20N4S2. The van der Waals surface area contributed by atoms with E-state index in [4.69, 9.17) is 0 Å². The molecule has 104 valence electrons. The van der Waals surface area contributed by atoms with Crippen LogP contribution in [0.4, 0.5) is 11.8 Å². The van der Waals surface area contributed by atoms with E-state index in [9.17, 15) is 0 Å². The molecule has 2 heterocycles. The molecule has 0 aliphatic heterocycles. The highest BCUT2D eigenvalue weighted by Crippen LogP contribution is 2.31. The molecule has 0 aromatic carbocycles. The first-order valence-corrected chi connectivity index (χ1v) is 8.59. The quantitative estimate of drug-likeness (QED) is 0.887. The van der Waals surface area contributed by atoms with E-state index in [0.29, 0.717) is 5.95 Å². The van der Waals surface area contributed by atoms with Crippen molar-refractivity contribution in [2.75, 3.05) is 42.9 Å². The summed E-state index contributed by atoms with van der Waals surface area (Å²) in [5.41, 5.74) is 0. The summed E-state index contributed by atoms with van der Waals surface area (Å²) in [6.45, 7) is 3.17. The van der Waals surface area contributed by atoms with Gasteiger partial charge in [0.25, 0.3) is 0 Å². The van der Waals surface area contributed by atoms with Gasteiger partial charge in [-0.25, -0.2) is 4.98 Å². The Bertz CT molecular complexity index is 553. The maximum absolute atomic E-state index is 4.62. The number of nitrogens with zero attached hydrogens (tertiary/aromatic N) is 3. The summed E-state index contributed by atoms with van der Waals surface area (Å²) in [6.07, 6.45) is 3.17. The van der Waals surface area contributed by atoms with Crippen molar-refractivity contribution in [1.29, 1.82) is 0 Å². The number of hydrogen-bond acceptors (Lipinski definition) is 6. The second-order valence-corrected chi connectivity index (χ2v) is 6.42. The molecule has 1 N–H and O–H groups in total. The molecule has 2 aromatic heterocycles. The van der Waals surface area contributed by atoms with E-state index in [1.165, 1.54) is 10.3 Å². The SMILES string of the molecule is CCc1cc2c(N(C)CCSC)nc(NC)nc2s1. The number of anilines is 2. The first-order chi connectivity index (χ1) is 9.19. The number of fused-ring (bicyclic) bond motifs is 1. The molecule has 0 unspecified atom stereocenters. The zero-order valence-electron chi connectivity index (χ0n) is 11.9. The normalized spacial score (nSPS) is 10.9. The molecule has 0 spiro atoms. The summed E-state index contributed by atoms with van der Waals surface area (Å²) < 4.78 is 0. The Labute approximate surface area is 122 Å². The Kier molecular flexibility index (Phi) is 4.87. The molecule has 0 saturated heterocycles. The second kappa shape index (κ2) is 6.43. The highest BCUT2D eigenvalue weighted by Gasteiger charge is 2.13. The van der Waals surface area contributed by atoms with E-state index in [2.05, 4.69) is 46.5 Å². The van der Waals surface area contributed by atoms with Crippen LogP contribution in [0.15, 0.2) is 6.07 Å².